The van der Waals surface area contributed by atoms with Gasteiger partial charge in [0, 0.05) is 11.9 Å². The van der Waals surface area contributed by atoms with Crippen molar-refractivity contribution in [2.24, 2.45) is 15.1 Å². The summed E-state index contributed by atoms with van der Waals surface area (Å²) in [7, 11) is 0. The number of rotatable bonds is 4. The number of benzene rings is 1. The van der Waals surface area contributed by atoms with Gasteiger partial charge in [-0.1, -0.05) is 6.07 Å². The quantitative estimate of drug-likeness (QED) is 0.472. The highest BCUT2D eigenvalue weighted by Gasteiger charge is 2.30. The predicted molar refractivity (Wildman–Crippen MR) is 100 cm³/mol. The fourth-order valence-electron chi connectivity index (χ4n) is 2.35. The fraction of sp³-hybridized carbons (Fsp3) is 0.222. The second-order valence-electron chi connectivity index (χ2n) is 5.90. The van der Waals surface area contributed by atoms with Crippen LogP contribution in [-0.4, -0.2) is 36.1 Å². The van der Waals surface area contributed by atoms with Gasteiger partial charge in [-0.2, -0.15) is 18.3 Å². The zero-order valence-corrected chi connectivity index (χ0v) is 14.7. The number of aliphatic imine (C=N–C) groups is 2. The van der Waals surface area contributed by atoms with Crippen molar-refractivity contribution in [2.45, 2.75) is 19.3 Å². The Labute approximate surface area is 158 Å². The van der Waals surface area contributed by atoms with Gasteiger partial charge in [0.05, 0.1) is 35.4 Å². The number of pyridine rings is 1. The van der Waals surface area contributed by atoms with Gasteiger partial charge in [-0.25, -0.2) is 24.8 Å². The van der Waals surface area contributed by atoms with E-state index in [0.717, 1.165) is 18.3 Å². The fourth-order valence-corrected chi connectivity index (χ4v) is 2.35. The van der Waals surface area contributed by atoms with Crippen LogP contribution >= 0.6 is 0 Å². The number of alkyl halides is 4. The van der Waals surface area contributed by atoms with E-state index in [2.05, 4.69) is 30.8 Å². The third-order valence-electron chi connectivity index (χ3n) is 3.71. The molecule has 10 heteroatoms. The number of halogens is 4. The van der Waals surface area contributed by atoms with Crippen molar-refractivity contribution >= 4 is 29.8 Å². The van der Waals surface area contributed by atoms with E-state index in [4.69, 9.17) is 0 Å². The number of hydrazone groups is 1. The Balaban J connectivity index is 1.66. The van der Waals surface area contributed by atoms with E-state index >= 15 is 0 Å². The zero-order chi connectivity index (χ0) is 20.1. The summed E-state index contributed by atoms with van der Waals surface area (Å²) in [6, 6.07) is 8.26. The smallest absolute Gasteiger partial charge is 0.354 e. The lowest BCUT2D eigenvalue weighted by Crippen LogP contribution is -2.23. The molecule has 146 valence electrons. The van der Waals surface area contributed by atoms with E-state index in [1.54, 1.807) is 25.1 Å². The van der Waals surface area contributed by atoms with Crippen molar-refractivity contribution in [3.63, 3.8) is 0 Å². The molecule has 0 aliphatic carbocycles. The molecule has 2 N–H and O–H groups in total. The lowest BCUT2D eigenvalue weighted by Gasteiger charge is -2.12. The van der Waals surface area contributed by atoms with Crippen molar-refractivity contribution in [3.05, 3.63) is 53.3 Å². The minimum Gasteiger partial charge on any atom is -0.354 e. The van der Waals surface area contributed by atoms with Gasteiger partial charge in [-0.15, -0.1) is 0 Å². The number of hydrogen-bond donors (Lipinski definition) is 2. The first-order chi connectivity index (χ1) is 13.3. The van der Waals surface area contributed by atoms with E-state index in [0.29, 0.717) is 22.8 Å². The van der Waals surface area contributed by atoms with Crippen LogP contribution in [0.5, 0.6) is 0 Å². The van der Waals surface area contributed by atoms with Gasteiger partial charge in [-0.05, 0) is 37.3 Å². The van der Waals surface area contributed by atoms with Gasteiger partial charge >= 0.3 is 6.18 Å². The zero-order valence-electron chi connectivity index (χ0n) is 14.7. The molecule has 0 saturated carbocycles. The lowest BCUT2D eigenvalue weighted by atomic mass is 10.2. The number of aryl methyl sites for hydroxylation is 1. The van der Waals surface area contributed by atoms with Crippen LogP contribution in [0.4, 0.5) is 28.9 Å². The molecule has 1 aliphatic heterocycles. The molecule has 0 saturated heterocycles. The minimum atomic E-state index is -4.41. The highest BCUT2D eigenvalue weighted by molar-refractivity contribution is 5.91. The van der Waals surface area contributed by atoms with Crippen molar-refractivity contribution in [1.82, 2.24) is 10.4 Å². The highest BCUT2D eigenvalue weighted by atomic mass is 19.4. The molecule has 0 amide bonds. The first-order valence-electron chi connectivity index (χ1n) is 8.25. The summed E-state index contributed by atoms with van der Waals surface area (Å²) in [4.78, 5) is 11.9. The van der Waals surface area contributed by atoms with E-state index in [9.17, 15) is 17.6 Å². The Kier molecular flexibility index (Phi) is 5.67. The molecule has 2 aromatic rings. The first kappa shape index (κ1) is 19.5. The van der Waals surface area contributed by atoms with Crippen LogP contribution in [0.1, 0.15) is 17.0 Å². The number of nitrogens with zero attached hydrogens (tertiary/aromatic N) is 4. The van der Waals surface area contributed by atoms with Gasteiger partial charge in [0.15, 0.2) is 6.17 Å². The normalized spacial score (nSPS) is 16.9. The Hall–Kier alpha value is -3.30. The molecule has 1 atom stereocenters. The van der Waals surface area contributed by atoms with E-state index in [-0.39, 0.29) is 12.5 Å². The second kappa shape index (κ2) is 8.15. The van der Waals surface area contributed by atoms with Gasteiger partial charge in [0.25, 0.3) is 0 Å². The molecule has 6 nitrogen and oxygen atoms in total. The predicted octanol–water partition coefficient (Wildman–Crippen LogP) is 3.85. The van der Waals surface area contributed by atoms with Gasteiger partial charge in [0.1, 0.15) is 0 Å². The minimum absolute atomic E-state index is 0.00534. The van der Waals surface area contributed by atoms with E-state index in [1.165, 1.54) is 12.3 Å². The third-order valence-corrected chi connectivity index (χ3v) is 3.71. The summed E-state index contributed by atoms with van der Waals surface area (Å²) >= 11 is 0. The van der Waals surface area contributed by atoms with E-state index < -0.39 is 17.9 Å². The first-order valence-corrected chi connectivity index (χ1v) is 8.25. The summed E-state index contributed by atoms with van der Waals surface area (Å²) < 4.78 is 51.3. The van der Waals surface area contributed by atoms with Gasteiger partial charge < -0.3 is 5.32 Å². The van der Waals surface area contributed by atoms with Crippen LogP contribution in [0.2, 0.25) is 0 Å². The summed E-state index contributed by atoms with van der Waals surface area (Å²) in [6.07, 6.45) is -3.02. The van der Waals surface area contributed by atoms with Gasteiger partial charge in [0.2, 0.25) is 5.96 Å². The maximum atomic E-state index is 12.9. The van der Waals surface area contributed by atoms with Crippen molar-refractivity contribution in [3.8, 4) is 0 Å². The summed E-state index contributed by atoms with van der Waals surface area (Å²) in [5.41, 5.74) is 3.82. The highest BCUT2D eigenvalue weighted by Crippen LogP contribution is 2.31. The van der Waals surface area contributed by atoms with Crippen molar-refractivity contribution in [1.29, 1.82) is 0 Å². The molecule has 1 aliphatic rings. The van der Waals surface area contributed by atoms with Crippen LogP contribution < -0.4 is 10.7 Å². The van der Waals surface area contributed by atoms with Crippen LogP contribution in [0.3, 0.4) is 0 Å². The molecule has 1 aromatic carbocycles. The molecule has 0 fully saturated rings. The SMILES string of the molecule is Cc1nc(/C=N/NC2=NCC(F)C=N2)ccc1Nc1cccc(C(F)(F)F)c1. The average Bonchev–Trinajstić information content (AvgIpc) is 2.65. The molecule has 1 unspecified atom stereocenters. The molecule has 28 heavy (non-hydrogen) atoms. The van der Waals surface area contributed by atoms with E-state index in [1.807, 2.05) is 0 Å². The second-order valence-corrected chi connectivity index (χ2v) is 5.90. The topological polar surface area (TPSA) is 74.0 Å². The molecule has 2 heterocycles. The molecule has 0 bridgehead atoms. The Bertz CT molecular complexity index is 936. The maximum Gasteiger partial charge on any atom is 0.416 e. The third kappa shape index (κ3) is 5.12. The van der Waals surface area contributed by atoms with Crippen molar-refractivity contribution < 1.29 is 17.6 Å². The molecular formula is C18H16F4N6. The molecule has 1 aromatic heterocycles. The number of aromatic nitrogens is 1. The number of hydrogen-bond acceptors (Lipinski definition) is 6. The van der Waals surface area contributed by atoms with Gasteiger partial charge in [-0.3, -0.25) is 0 Å². The van der Waals surface area contributed by atoms with Crippen LogP contribution in [-0.2, 0) is 6.18 Å². The molecule has 3 rings (SSSR count). The Morgan fingerprint density at radius 3 is 2.71 bits per heavy atom. The molecule has 0 radical (unpaired) electrons. The largest absolute Gasteiger partial charge is 0.416 e. The molecule has 0 spiro atoms. The number of nitrogens with one attached hydrogen (secondary N) is 2. The van der Waals surface area contributed by atoms with Crippen molar-refractivity contribution in [2.75, 3.05) is 11.9 Å². The van der Waals surface area contributed by atoms with Crippen LogP contribution in [0.25, 0.3) is 0 Å². The number of guanidine groups is 1. The summed E-state index contributed by atoms with van der Waals surface area (Å²) in [6.45, 7) is 1.71. The Morgan fingerprint density at radius 1 is 1.21 bits per heavy atom. The van der Waals surface area contributed by atoms with Crippen LogP contribution in [0, 0.1) is 6.92 Å². The standard InChI is InChI=1S/C18H16F4N6/c1-11-16(27-14-4-2-3-12(7-14)18(20,21)22)6-5-15(26-11)10-25-28-17-23-8-13(19)9-24-17/h2-8,10,13,27H,9H2,1H3,(H,24,28)/b25-10+. The summed E-state index contributed by atoms with van der Waals surface area (Å²) in [5, 5.41) is 6.86. The summed E-state index contributed by atoms with van der Waals surface area (Å²) in [5.74, 6) is 0.199. The lowest BCUT2D eigenvalue weighted by molar-refractivity contribution is -0.137. The number of anilines is 2. The Morgan fingerprint density at radius 2 is 2.04 bits per heavy atom. The molecular weight excluding hydrogens is 376 g/mol. The average molecular weight is 392 g/mol. The monoisotopic (exact) mass is 392 g/mol. The van der Waals surface area contributed by atoms with Crippen LogP contribution in [0.15, 0.2) is 51.5 Å². The maximum absolute atomic E-state index is 12.9.